The fraction of sp³-hybridized carbons (Fsp3) is 0.333. The Bertz CT molecular complexity index is 420. The molecule has 0 spiro atoms. The third-order valence-electron chi connectivity index (χ3n) is 2.36. The van der Waals surface area contributed by atoms with Crippen LogP contribution in [0.5, 0.6) is 0 Å². The first-order chi connectivity index (χ1) is 8.02. The molecule has 0 fully saturated rings. The Hall–Kier alpha value is -2.06. The fourth-order valence-electron chi connectivity index (χ4n) is 1.45. The fourth-order valence-corrected chi connectivity index (χ4v) is 1.45. The first kappa shape index (κ1) is 13.0. The second-order valence-corrected chi connectivity index (χ2v) is 3.75. The van der Waals surface area contributed by atoms with Crippen molar-refractivity contribution in [2.24, 2.45) is 0 Å². The van der Waals surface area contributed by atoms with Crippen LogP contribution >= 0.6 is 0 Å². The summed E-state index contributed by atoms with van der Waals surface area (Å²) in [5.74, 6) is 0. The van der Waals surface area contributed by atoms with Crippen molar-refractivity contribution >= 4 is 6.09 Å². The summed E-state index contributed by atoms with van der Waals surface area (Å²) < 4.78 is 0. The van der Waals surface area contributed by atoms with Gasteiger partial charge in [-0.25, -0.2) is 4.79 Å². The number of nitrogens with zero attached hydrogens (tertiary/aromatic N) is 1. The number of carboxylic acid groups (broad SMARTS) is 1. The predicted molar refractivity (Wildman–Crippen MR) is 61.3 cm³/mol. The summed E-state index contributed by atoms with van der Waals surface area (Å²) >= 11 is 0. The topological polar surface area (TPSA) is 93.4 Å². The van der Waals surface area contributed by atoms with Gasteiger partial charge in [-0.2, -0.15) is 5.26 Å². The maximum Gasteiger partial charge on any atom is 0.405 e. The number of nitrogens with one attached hydrogen (secondary N) is 1. The molecule has 1 aromatic rings. The number of amides is 1. The molecule has 0 aromatic heterocycles. The van der Waals surface area contributed by atoms with Crippen molar-refractivity contribution in [2.45, 2.75) is 25.5 Å². The quantitative estimate of drug-likeness (QED) is 0.734. The van der Waals surface area contributed by atoms with Crippen LogP contribution < -0.4 is 5.32 Å². The summed E-state index contributed by atoms with van der Waals surface area (Å²) in [7, 11) is 0. The Morgan fingerprint density at radius 1 is 1.47 bits per heavy atom. The third kappa shape index (κ3) is 4.13. The largest absolute Gasteiger partial charge is 0.465 e. The van der Waals surface area contributed by atoms with Gasteiger partial charge in [0.25, 0.3) is 0 Å². The summed E-state index contributed by atoms with van der Waals surface area (Å²) in [6.45, 7) is 1.67. The van der Waals surface area contributed by atoms with E-state index in [2.05, 4.69) is 5.32 Å². The second-order valence-electron chi connectivity index (χ2n) is 3.75. The highest BCUT2D eigenvalue weighted by molar-refractivity contribution is 5.65. The minimum atomic E-state index is -1.21. The molecule has 1 amide bonds. The Morgan fingerprint density at radius 3 is 2.47 bits per heavy atom. The van der Waals surface area contributed by atoms with E-state index >= 15 is 0 Å². The van der Waals surface area contributed by atoms with Crippen LogP contribution in [0.2, 0.25) is 0 Å². The molecule has 1 aromatic carbocycles. The Kier molecular flexibility index (Phi) is 4.49. The molecule has 90 valence electrons. The maximum absolute atomic E-state index is 10.4. The zero-order chi connectivity index (χ0) is 12.8. The number of benzene rings is 1. The van der Waals surface area contributed by atoms with Gasteiger partial charge in [0.05, 0.1) is 12.2 Å². The SMILES string of the molecule is C[C@H](O)c1ccc(CC(C#N)NC(=O)O)cc1. The maximum atomic E-state index is 10.4. The van der Waals surface area contributed by atoms with Gasteiger partial charge in [0, 0.05) is 6.42 Å². The zero-order valence-electron chi connectivity index (χ0n) is 9.42. The summed E-state index contributed by atoms with van der Waals surface area (Å²) in [5, 5.41) is 28.7. The van der Waals surface area contributed by atoms with Gasteiger partial charge in [-0.3, -0.25) is 0 Å². The minimum Gasteiger partial charge on any atom is -0.465 e. The van der Waals surface area contributed by atoms with E-state index in [1.54, 1.807) is 31.2 Å². The van der Waals surface area contributed by atoms with Crippen LogP contribution in [0.15, 0.2) is 24.3 Å². The first-order valence-corrected chi connectivity index (χ1v) is 5.19. The molecule has 0 bridgehead atoms. The van der Waals surface area contributed by atoms with Crippen molar-refractivity contribution in [3.05, 3.63) is 35.4 Å². The minimum absolute atomic E-state index is 0.308. The number of aliphatic hydroxyl groups is 1. The second kappa shape index (κ2) is 5.87. The highest BCUT2D eigenvalue weighted by Crippen LogP contribution is 2.13. The van der Waals surface area contributed by atoms with Crippen LogP contribution in [0.3, 0.4) is 0 Å². The number of aliphatic hydroxyl groups excluding tert-OH is 1. The van der Waals surface area contributed by atoms with E-state index in [-0.39, 0.29) is 0 Å². The molecule has 5 heteroatoms. The predicted octanol–water partition coefficient (Wildman–Crippen LogP) is 1.44. The Balaban J connectivity index is 2.68. The highest BCUT2D eigenvalue weighted by atomic mass is 16.4. The van der Waals surface area contributed by atoms with Gasteiger partial charge in [-0.05, 0) is 18.1 Å². The molecule has 3 N–H and O–H groups in total. The Labute approximate surface area is 99.3 Å². The molecule has 0 saturated heterocycles. The zero-order valence-corrected chi connectivity index (χ0v) is 9.42. The van der Waals surface area contributed by atoms with E-state index in [1.165, 1.54) is 0 Å². The average Bonchev–Trinajstić information content (AvgIpc) is 2.28. The van der Waals surface area contributed by atoms with E-state index < -0.39 is 18.2 Å². The molecule has 0 heterocycles. The van der Waals surface area contributed by atoms with Gasteiger partial charge >= 0.3 is 6.09 Å². The third-order valence-corrected chi connectivity index (χ3v) is 2.36. The lowest BCUT2D eigenvalue weighted by atomic mass is 10.0. The Morgan fingerprint density at radius 2 is 2.06 bits per heavy atom. The standard InChI is InChI=1S/C12H14N2O3/c1-8(15)10-4-2-9(3-5-10)6-11(7-13)14-12(16)17/h2-5,8,11,14-15H,6H2,1H3,(H,16,17)/t8-,11?/m0/s1. The summed E-state index contributed by atoms with van der Waals surface area (Å²) in [5.41, 5.74) is 1.63. The molecule has 0 saturated carbocycles. The molecular weight excluding hydrogens is 220 g/mol. The monoisotopic (exact) mass is 234 g/mol. The van der Waals surface area contributed by atoms with Crippen molar-refractivity contribution in [3.63, 3.8) is 0 Å². The summed E-state index contributed by atoms with van der Waals surface area (Å²) in [4.78, 5) is 10.4. The molecular formula is C12H14N2O3. The average molecular weight is 234 g/mol. The van der Waals surface area contributed by atoms with Crippen molar-refractivity contribution in [1.82, 2.24) is 5.32 Å². The van der Waals surface area contributed by atoms with E-state index in [4.69, 9.17) is 10.4 Å². The molecule has 0 aliphatic heterocycles. The van der Waals surface area contributed by atoms with E-state index in [0.29, 0.717) is 6.42 Å². The lowest BCUT2D eigenvalue weighted by molar-refractivity contribution is 0.192. The number of hydrogen-bond donors (Lipinski definition) is 3. The van der Waals surface area contributed by atoms with E-state index in [1.807, 2.05) is 6.07 Å². The van der Waals surface area contributed by atoms with Crippen molar-refractivity contribution in [1.29, 1.82) is 5.26 Å². The van der Waals surface area contributed by atoms with Crippen molar-refractivity contribution < 1.29 is 15.0 Å². The number of carbonyl (C=O) groups is 1. The summed E-state index contributed by atoms with van der Waals surface area (Å²) in [6.07, 6.45) is -1.44. The molecule has 1 unspecified atom stereocenters. The van der Waals surface area contributed by atoms with Crippen LogP contribution in [-0.2, 0) is 6.42 Å². The van der Waals surface area contributed by atoms with Crippen LogP contribution in [0.25, 0.3) is 0 Å². The lowest BCUT2D eigenvalue weighted by Crippen LogP contribution is -2.33. The molecule has 1 rings (SSSR count). The van der Waals surface area contributed by atoms with Gasteiger partial charge in [-0.1, -0.05) is 24.3 Å². The smallest absolute Gasteiger partial charge is 0.405 e. The lowest BCUT2D eigenvalue weighted by Gasteiger charge is -2.10. The van der Waals surface area contributed by atoms with Gasteiger partial charge < -0.3 is 15.5 Å². The number of nitriles is 1. The van der Waals surface area contributed by atoms with E-state index in [0.717, 1.165) is 11.1 Å². The summed E-state index contributed by atoms with van der Waals surface area (Å²) in [6, 6.07) is 8.18. The van der Waals surface area contributed by atoms with Crippen LogP contribution in [0, 0.1) is 11.3 Å². The molecule has 0 aliphatic carbocycles. The van der Waals surface area contributed by atoms with Crippen molar-refractivity contribution in [2.75, 3.05) is 0 Å². The van der Waals surface area contributed by atoms with Gasteiger partial charge in [0.15, 0.2) is 0 Å². The first-order valence-electron chi connectivity index (χ1n) is 5.19. The van der Waals surface area contributed by atoms with Gasteiger partial charge in [-0.15, -0.1) is 0 Å². The molecule has 2 atom stereocenters. The van der Waals surface area contributed by atoms with Crippen molar-refractivity contribution in [3.8, 4) is 6.07 Å². The highest BCUT2D eigenvalue weighted by Gasteiger charge is 2.11. The normalized spacial score (nSPS) is 13.5. The van der Waals surface area contributed by atoms with Crippen LogP contribution in [0.4, 0.5) is 4.79 Å². The molecule has 5 nitrogen and oxygen atoms in total. The molecule has 17 heavy (non-hydrogen) atoms. The number of rotatable bonds is 4. The van der Waals surface area contributed by atoms with Crippen LogP contribution in [0.1, 0.15) is 24.2 Å². The van der Waals surface area contributed by atoms with Gasteiger partial charge in [0.1, 0.15) is 6.04 Å². The van der Waals surface area contributed by atoms with E-state index in [9.17, 15) is 9.90 Å². The van der Waals surface area contributed by atoms with Gasteiger partial charge in [0.2, 0.25) is 0 Å². The molecule has 0 radical (unpaired) electrons. The van der Waals surface area contributed by atoms with Crippen LogP contribution in [-0.4, -0.2) is 22.3 Å². The number of hydrogen-bond acceptors (Lipinski definition) is 3. The molecule has 0 aliphatic rings.